The minimum absolute atomic E-state index is 0.000802. The summed E-state index contributed by atoms with van der Waals surface area (Å²) in [5, 5.41) is 20.7. The molecule has 1 aromatic carbocycles. The molecule has 0 radical (unpaired) electrons. The number of ether oxygens (including phenoxy) is 3. The first-order chi connectivity index (χ1) is 23.2. The number of rotatable bonds is 5. The first-order valence-electron chi connectivity index (χ1n) is 16.3. The molecule has 2 saturated heterocycles. The van der Waals surface area contributed by atoms with Crippen molar-refractivity contribution in [2.45, 2.75) is 90.2 Å². The van der Waals surface area contributed by atoms with Crippen molar-refractivity contribution in [3.05, 3.63) is 105 Å². The fourth-order valence-electron chi connectivity index (χ4n) is 7.65. The quantitative estimate of drug-likeness (QED) is 0.201. The van der Waals surface area contributed by atoms with Crippen LogP contribution in [0, 0.1) is 47.6 Å². The van der Waals surface area contributed by atoms with Gasteiger partial charge in [0.15, 0.2) is 0 Å². The molecular formula is C33H39N5O11. The predicted octanol–water partition coefficient (Wildman–Crippen LogP) is 2.07. The summed E-state index contributed by atoms with van der Waals surface area (Å²) in [4.78, 5) is 74.3. The lowest BCUT2D eigenvalue weighted by molar-refractivity contribution is -0.384. The van der Waals surface area contributed by atoms with Crippen LogP contribution < -0.4 is 22.5 Å². The van der Waals surface area contributed by atoms with Gasteiger partial charge in [0, 0.05) is 60.3 Å². The van der Waals surface area contributed by atoms with E-state index in [1.54, 1.807) is 13.8 Å². The molecule has 0 spiro atoms. The summed E-state index contributed by atoms with van der Waals surface area (Å²) in [6, 6.07) is 5.26. The first-order valence-corrected chi connectivity index (χ1v) is 16.3. The molecule has 7 rings (SSSR count). The summed E-state index contributed by atoms with van der Waals surface area (Å²) in [5.41, 5.74) is -0.774. The predicted molar refractivity (Wildman–Crippen MR) is 172 cm³/mol. The molecule has 49 heavy (non-hydrogen) atoms. The van der Waals surface area contributed by atoms with E-state index in [1.807, 2.05) is 6.92 Å². The lowest BCUT2D eigenvalue weighted by Gasteiger charge is -2.19. The molecule has 0 bridgehead atoms. The molecule has 0 amide bonds. The SMILES string of the molecule is Cc1cn([C@H]2C[C@@H]3[C@H](O2)[C@H](C)C[C@H]3O)c(=O)[nH]c1=O.Cc1cn([C@H]2C[C@@H]3[C@H](O2)[C@H](C)C[C@H]3OC(=O)c2ccc([N+](=O)[O-])cc2)c(=O)[nH]c1=O. The van der Waals surface area contributed by atoms with Crippen molar-refractivity contribution in [1.82, 2.24) is 19.1 Å². The fraction of sp³-hybridized carbons (Fsp3) is 0.545. The Morgan fingerprint density at radius 3 is 1.84 bits per heavy atom. The Morgan fingerprint density at radius 1 is 0.837 bits per heavy atom. The van der Waals surface area contributed by atoms with Crippen LogP contribution in [0.25, 0.3) is 0 Å². The third kappa shape index (κ3) is 6.67. The van der Waals surface area contributed by atoms with Crippen LogP contribution in [0.3, 0.4) is 0 Å². The second kappa shape index (κ2) is 13.3. The highest BCUT2D eigenvalue weighted by molar-refractivity contribution is 5.89. The van der Waals surface area contributed by atoms with E-state index in [-0.39, 0.29) is 52.9 Å². The smallest absolute Gasteiger partial charge is 0.338 e. The molecule has 16 heteroatoms. The van der Waals surface area contributed by atoms with E-state index in [0.29, 0.717) is 36.3 Å². The number of aromatic amines is 2. The highest BCUT2D eigenvalue weighted by atomic mass is 16.6. The standard InChI is InChI=1S/C20H21N3O7.C13H18N2O4/c1-10-7-15(29-19(25)12-3-5-13(6-4-12)23(27)28)14-8-16(30-17(10)14)22-9-11(2)18(24)21-20(22)26;1-6-3-9(16)8-4-10(19-11(6)8)15-5-7(2)12(17)14-13(15)18/h3-6,9-10,14-17H,7-8H2,1-2H3,(H,21,24,26);5-6,8-11,16H,3-4H2,1-2H3,(H,14,17,18)/t10-,14+,15-,16-,17-;6-,8+,9-,10-,11-/m11/s1. The van der Waals surface area contributed by atoms with Gasteiger partial charge in [-0.2, -0.15) is 0 Å². The molecule has 10 atom stereocenters. The summed E-state index contributed by atoms with van der Waals surface area (Å²) in [5.74, 6) is -0.146. The number of carbonyl (C=O) groups is 1. The number of esters is 1. The van der Waals surface area contributed by atoms with Gasteiger partial charge in [0.1, 0.15) is 18.6 Å². The molecular weight excluding hydrogens is 642 g/mol. The van der Waals surface area contributed by atoms with Crippen LogP contribution in [-0.4, -0.2) is 59.5 Å². The molecule has 0 unspecified atom stereocenters. The summed E-state index contributed by atoms with van der Waals surface area (Å²) in [6.07, 6.45) is 3.60. The van der Waals surface area contributed by atoms with Gasteiger partial charge in [-0.15, -0.1) is 0 Å². The number of H-pyrrole nitrogens is 2. The van der Waals surface area contributed by atoms with E-state index in [0.717, 1.165) is 6.42 Å². The molecule has 3 aromatic rings. The van der Waals surface area contributed by atoms with E-state index in [1.165, 1.54) is 45.8 Å². The molecule has 4 aliphatic rings. The lowest BCUT2D eigenvalue weighted by Crippen LogP contribution is -2.33. The van der Waals surface area contributed by atoms with Gasteiger partial charge in [-0.25, -0.2) is 14.4 Å². The monoisotopic (exact) mass is 681 g/mol. The maximum Gasteiger partial charge on any atom is 0.338 e. The zero-order valence-electron chi connectivity index (χ0n) is 27.4. The van der Waals surface area contributed by atoms with Gasteiger partial charge in [-0.1, -0.05) is 13.8 Å². The minimum atomic E-state index is -0.553. The van der Waals surface area contributed by atoms with Crippen LogP contribution >= 0.6 is 0 Å². The Hall–Kier alpha value is -4.67. The third-order valence-electron chi connectivity index (χ3n) is 10.2. The highest BCUT2D eigenvalue weighted by Crippen LogP contribution is 2.47. The van der Waals surface area contributed by atoms with Crippen molar-refractivity contribution >= 4 is 11.7 Å². The lowest BCUT2D eigenvalue weighted by atomic mass is 10.00. The number of nitro groups is 1. The highest BCUT2D eigenvalue weighted by Gasteiger charge is 2.51. The van der Waals surface area contributed by atoms with Gasteiger partial charge in [0.05, 0.1) is 28.8 Å². The number of nitrogens with one attached hydrogen (secondary N) is 2. The molecule has 2 aliphatic carbocycles. The number of aliphatic hydroxyl groups excluding tert-OH is 1. The number of nitro benzene ring substituents is 1. The molecule has 2 saturated carbocycles. The molecule has 3 N–H and O–H groups in total. The molecule has 2 aliphatic heterocycles. The average Bonchev–Trinajstić information content (AvgIpc) is 3.81. The number of carbonyl (C=O) groups excluding carboxylic acids is 1. The Morgan fingerprint density at radius 2 is 1.33 bits per heavy atom. The van der Waals surface area contributed by atoms with Crippen LogP contribution in [0.1, 0.15) is 73.5 Å². The number of aromatic nitrogens is 4. The van der Waals surface area contributed by atoms with Crippen LogP contribution in [0.4, 0.5) is 5.69 Å². The van der Waals surface area contributed by atoms with Crippen LogP contribution in [0.2, 0.25) is 0 Å². The Bertz CT molecular complexity index is 1970. The first kappa shape index (κ1) is 34.2. The maximum absolute atomic E-state index is 12.5. The second-order valence-electron chi connectivity index (χ2n) is 13.6. The zero-order chi connectivity index (χ0) is 35.3. The van der Waals surface area contributed by atoms with Crippen molar-refractivity contribution in [3.63, 3.8) is 0 Å². The third-order valence-corrected chi connectivity index (χ3v) is 10.2. The number of aryl methyl sites for hydroxylation is 2. The Kier molecular flexibility index (Phi) is 9.30. The van der Waals surface area contributed by atoms with Gasteiger partial charge in [0.25, 0.3) is 16.8 Å². The van der Waals surface area contributed by atoms with E-state index < -0.39 is 46.4 Å². The number of hydrogen-bond acceptors (Lipinski definition) is 11. The number of fused-ring (bicyclic) bond motifs is 2. The number of nitrogens with zero attached hydrogens (tertiary/aromatic N) is 3. The van der Waals surface area contributed by atoms with E-state index in [9.17, 15) is 39.2 Å². The number of benzene rings is 1. The number of non-ortho nitro benzene ring substituents is 1. The van der Waals surface area contributed by atoms with Crippen molar-refractivity contribution in [1.29, 1.82) is 0 Å². The van der Waals surface area contributed by atoms with Crippen LogP contribution in [-0.2, 0) is 14.2 Å². The van der Waals surface area contributed by atoms with Crippen molar-refractivity contribution in [2.75, 3.05) is 0 Å². The summed E-state index contributed by atoms with van der Waals surface area (Å²) >= 11 is 0. The van der Waals surface area contributed by atoms with Crippen molar-refractivity contribution in [2.24, 2.45) is 23.7 Å². The molecule has 262 valence electrons. The fourth-order valence-corrected chi connectivity index (χ4v) is 7.65. The molecule has 2 aromatic heterocycles. The second-order valence-corrected chi connectivity index (χ2v) is 13.6. The zero-order valence-corrected chi connectivity index (χ0v) is 27.4. The summed E-state index contributed by atoms with van der Waals surface area (Å²) in [7, 11) is 0. The number of aliphatic hydroxyl groups is 1. The average molecular weight is 682 g/mol. The van der Waals surface area contributed by atoms with Crippen molar-refractivity contribution < 1.29 is 29.0 Å². The Labute approximate surface area is 278 Å². The molecule has 4 heterocycles. The summed E-state index contributed by atoms with van der Waals surface area (Å²) in [6.45, 7) is 7.32. The van der Waals surface area contributed by atoms with Gasteiger partial charge < -0.3 is 19.3 Å². The normalized spacial score (nSPS) is 31.4. The van der Waals surface area contributed by atoms with Crippen LogP contribution in [0.5, 0.6) is 0 Å². The topological polar surface area (TPSA) is 218 Å². The number of hydrogen-bond donors (Lipinski definition) is 3. The van der Waals surface area contributed by atoms with E-state index in [2.05, 4.69) is 16.9 Å². The van der Waals surface area contributed by atoms with E-state index in [4.69, 9.17) is 14.2 Å². The van der Waals surface area contributed by atoms with E-state index >= 15 is 0 Å². The minimum Gasteiger partial charge on any atom is -0.458 e. The molecule has 16 nitrogen and oxygen atoms in total. The largest absolute Gasteiger partial charge is 0.458 e. The summed E-state index contributed by atoms with van der Waals surface area (Å²) < 4.78 is 20.5. The van der Waals surface area contributed by atoms with Gasteiger partial charge >= 0.3 is 17.3 Å². The Balaban J connectivity index is 0.000000188. The van der Waals surface area contributed by atoms with Gasteiger partial charge in [-0.05, 0) is 50.7 Å². The maximum atomic E-state index is 12.5. The van der Waals surface area contributed by atoms with Crippen molar-refractivity contribution in [3.8, 4) is 0 Å². The molecule has 4 fully saturated rings. The van der Waals surface area contributed by atoms with Gasteiger partial charge in [0.2, 0.25) is 0 Å². The van der Waals surface area contributed by atoms with Gasteiger partial charge in [-0.3, -0.25) is 38.8 Å². The van der Waals surface area contributed by atoms with Crippen LogP contribution in [0.15, 0.2) is 55.8 Å².